The summed E-state index contributed by atoms with van der Waals surface area (Å²) in [5.74, 6) is -0.213. The van der Waals surface area contributed by atoms with Gasteiger partial charge in [-0.15, -0.1) is 11.3 Å². The van der Waals surface area contributed by atoms with Crippen molar-refractivity contribution in [1.82, 2.24) is 9.71 Å². The van der Waals surface area contributed by atoms with E-state index in [9.17, 15) is 13.2 Å². The second kappa shape index (κ2) is 6.99. The second-order valence-corrected chi connectivity index (χ2v) is 7.91. The van der Waals surface area contributed by atoms with Crippen molar-refractivity contribution in [3.05, 3.63) is 46.5 Å². The van der Waals surface area contributed by atoms with Crippen molar-refractivity contribution in [2.75, 3.05) is 18.1 Å². The largest absolute Gasteiger partial charge is 0.298 e. The molecule has 1 amide bonds. The number of nitrogens with zero attached hydrogens (tertiary/aromatic N) is 1. The van der Waals surface area contributed by atoms with Gasteiger partial charge >= 0.3 is 0 Å². The van der Waals surface area contributed by atoms with Crippen LogP contribution in [0.4, 0.5) is 5.13 Å². The maximum absolute atomic E-state index is 12.0. The number of aromatic nitrogens is 1. The maximum Gasteiger partial charge on any atom is 0.257 e. The van der Waals surface area contributed by atoms with Gasteiger partial charge in [0.2, 0.25) is 10.0 Å². The second-order valence-electron chi connectivity index (χ2n) is 4.84. The molecule has 8 heteroatoms. The summed E-state index contributed by atoms with van der Waals surface area (Å²) in [7, 11) is -3.17. The number of carbonyl (C=O) groups excluding carboxylic acids is 1. The number of thiazole rings is 1. The Hall–Kier alpha value is -1.77. The van der Waals surface area contributed by atoms with Crippen LogP contribution in [0.3, 0.4) is 0 Å². The quantitative estimate of drug-likeness (QED) is 0.840. The van der Waals surface area contributed by atoms with Gasteiger partial charge in [0.1, 0.15) is 0 Å². The Kier molecular flexibility index (Phi) is 5.28. The van der Waals surface area contributed by atoms with Crippen molar-refractivity contribution in [2.45, 2.75) is 13.3 Å². The van der Waals surface area contributed by atoms with Crippen LogP contribution in [-0.2, 0) is 16.4 Å². The Balaban J connectivity index is 1.92. The molecule has 0 aliphatic heterocycles. The van der Waals surface area contributed by atoms with Gasteiger partial charge in [0, 0.05) is 23.2 Å². The summed E-state index contributed by atoms with van der Waals surface area (Å²) in [6, 6.07) is 7.05. The first-order valence-electron chi connectivity index (χ1n) is 6.61. The Morgan fingerprint density at radius 1 is 1.27 bits per heavy atom. The molecule has 0 radical (unpaired) electrons. The number of benzene rings is 1. The highest BCUT2D eigenvalue weighted by Crippen LogP contribution is 2.17. The summed E-state index contributed by atoms with van der Waals surface area (Å²) in [6.07, 6.45) is 3.40. The highest BCUT2D eigenvalue weighted by Gasteiger charge is 2.08. The molecule has 2 rings (SSSR count). The van der Waals surface area contributed by atoms with Gasteiger partial charge < -0.3 is 0 Å². The molecule has 1 heterocycles. The Morgan fingerprint density at radius 2 is 1.95 bits per heavy atom. The fourth-order valence-corrected chi connectivity index (χ4v) is 2.92. The van der Waals surface area contributed by atoms with E-state index in [1.165, 1.54) is 11.3 Å². The number of hydrogen-bond acceptors (Lipinski definition) is 5. The van der Waals surface area contributed by atoms with Crippen molar-refractivity contribution in [1.29, 1.82) is 0 Å². The van der Waals surface area contributed by atoms with Crippen LogP contribution in [0.5, 0.6) is 0 Å². The summed E-state index contributed by atoms with van der Waals surface area (Å²) in [5.41, 5.74) is 1.49. The molecule has 0 fully saturated rings. The average molecular weight is 339 g/mol. The van der Waals surface area contributed by atoms with E-state index >= 15 is 0 Å². The Morgan fingerprint density at radius 3 is 2.50 bits per heavy atom. The van der Waals surface area contributed by atoms with E-state index in [4.69, 9.17) is 0 Å². The highest BCUT2D eigenvalue weighted by atomic mass is 32.2. The van der Waals surface area contributed by atoms with E-state index in [1.54, 1.807) is 18.3 Å². The molecule has 6 nitrogen and oxygen atoms in total. The van der Waals surface area contributed by atoms with Crippen molar-refractivity contribution in [2.24, 2.45) is 0 Å². The Bertz CT molecular complexity index is 752. The molecule has 0 bridgehead atoms. The van der Waals surface area contributed by atoms with E-state index in [1.807, 2.05) is 19.1 Å². The fourth-order valence-electron chi connectivity index (χ4n) is 1.79. The van der Waals surface area contributed by atoms with Crippen molar-refractivity contribution in [3.63, 3.8) is 0 Å². The van der Waals surface area contributed by atoms with Gasteiger partial charge in [-0.1, -0.05) is 12.1 Å². The molecule has 2 aromatic rings. The number of amides is 1. The van der Waals surface area contributed by atoms with Crippen LogP contribution >= 0.6 is 11.3 Å². The first-order chi connectivity index (χ1) is 10.3. The molecule has 0 atom stereocenters. The van der Waals surface area contributed by atoms with Crippen molar-refractivity contribution in [3.8, 4) is 0 Å². The third-order valence-corrected chi connectivity index (χ3v) is 4.39. The van der Waals surface area contributed by atoms with E-state index in [-0.39, 0.29) is 5.91 Å². The topological polar surface area (TPSA) is 88.2 Å². The SMILES string of the molecule is Cc1cnc(NC(=O)c2ccc(CCNS(C)(=O)=O)cc2)s1. The standard InChI is InChI=1S/C14H17N3O3S2/c1-10-9-15-14(21-10)17-13(18)12-5-3-11(4-6-12)7-8-16-22(2,19)20/h3-6,9,16H,7-8H2,1-2H3,(H,15,17,18). The molecule has 0 aliphatic rings. The van der Waals surface area contributed by atoms with Crippen molar-refractivity contribution < 1.29 is 13.2 Å². The average Bonchev–Trinajstić information content (AvgIpc) is 2.83. The van der Waals surface area contributed by atoms with Crippen LogP contribution in [0.2, 0.25) is 0 Å². The van der Waals surface area contributed by atoms with E-state index in [2.05, 4.69) is 15.0 Å². The van der Waals surface area contributed by atoms with Gasteiger partial charge in [-0.3, -0.25) is 10.1 Å². The molecule has 1 aromatic heterocycles. The predicted octanol–water partition coefficient (Wildman–Crippen LogP) is 1.80. The zero-order valence-electron chi connectivity index (χ0n) is 12.3. The smallest absolute Gasteiger partial charge is 0.257 e. The van der Waals surface area contributed by atoms with Crippen LogP contribution in [-0.4, -0.2) is 32.1 Å². The minimum Gasteiger partial charge on any atom is -0.298 e. The summed E-state index contributed by atoms with van der Waals surface area (Å²) in [4.78, 5) is 17.2. The molecule has 2 N–H and O–H groups in total. The number of carbonyl (C=O) groups is 1. The molecule has 22 heavy (non-hydrogen) atoms. The summed E-state index contributed by atoms with van der Waals surface area (Å²) in [6.45, 7) is 2.26. The molecule has 118 valence electrons. The molecular weight excluding hydrogens is 322 g/mol. The lowest BCUT2D eigenvalue weighted by Gasteiger charge is -2.05. The van der Waals surface area contributed by atoms with Gasteiger partial charge in [0.25, 0.3) is 5.91 Å². The highest BCUT2D eigenvalue weighted by molar-refractivity contribution is 7.88. The third-order valence-electron chi connectivity index (χ3n) is 2.84. The molecular formula is C14H17N3O3S2. The molecule has 0 spiro atoms. The minimum atomic E-state index is -3.17. The van der Waals surface area contributed by atoms with Crippen LogP contribution in [0.25, 0.3) is 0 Å². The van der Waals surface area contributed by atoms with Crippen LogP contribution in [0, 0.1) is 6.92 Å². The van der Waals surface area contributed by atoms with Crippen LogP contribution < -0.4 is 10.0 Å². The molecule has 1 aromatic carbocycles. The number of nitrogens with one attached hydrogen (secondary N) is 2. The van der Waals surface area contributed by atoms with Gasteiger partial charge in [-0.25, -0.2) is 18.1 Å². The summed E-state index contributed by atoms with van der Waals surface area (Å²) >= 11 is 1.42. The monoisotopic (exact) mass is 339 g/mol. The lowest BCUT2D eigenvalue weighted by atomic mass is 10.1. The van der Waals surface area contributed by atoms with Gasteiger partial charge in [-0.2, -0.15) is 0 Å². The summed E-state index contributed by atoms with van der Waals surface area (Å²) in [5, 5.41) is 3.31. The fraction of sp³-hybridized carbons (Fsp3) is 0.286. The zero-order valence-corrected chi connectivity index (χ0v) is 13.9. The number of sulfonamides is 1. The van der Waals surface area contributed by atoms with E-state index in [0.29, 0.717) is 23.7 Å². The predicted molar refractivity (Wildman–Crippen MR) is 87.8 cm³/mol. The van der Waals surface area contributed by atoms with Crippen LogP contribution in [0.1, 0.15) is 20.8 Å². The zero-order chi connectivity index (χ0) is 16.2. The third kappa shape index (κ3) is 5.21. The normalized spacial score (nSPS) is 11.4. The molecule has 0 aliphatic carbocycles. The first kappa shape index (κ1) is 16.6. The van der Waals surface area contributed by atoms with Gasteiger partial charge in [0.05, 0.1) is 6.26 Å². The number of rotatable bonds is 6. The minimum absolute atomic E-state index is 0.213. The number of anilines is 1. The number of hydrogen-bond donors (Lipinski definition) is 2. The number of aryl methyl sites for hydroxylation is 1. The van der Waals surface area contributed by atoms with Gasteiger partial charge in [-0.05, 0) is 31.0 Å². The molecule has 0 unspecified atom stereocenters. The van der Waals surface area contributed by atoms with Gasteiger partial charge in [0.15, 0.2) is 5.13 Å². The molecule has 0 saturated heterocycles. The maximum atomic E-state index is 12.0. The van der Waals surface area contributed by atoms with Crippen molar-refractivity contribution >= 4 is 32.4 Å². The summed E-state index contributed by atoms with van der Waals surface area (Å²) < 4.78 is 24.4. The van der Waals surface area contributed by atoms with E-state index < -0.39 is 10.0 Å². The van der Waals surface area contributed by atoms with Crippen LogP contribution in [0.15, 0.2) is 30.5 Å². The first-order valence-corrected chi connectivity index (χ1v) is 9.31. The lowest BCUT2D eigenvalue weighted by Crippen LogP contribution is -2.24. The molecule has 0 saturated carbocycles. The van der Waals surface area contributed by atoms with E-state index in [0.717, 1.165) is 16.7 Å². The lowest BCUT2D eigenvalue weighted by molar-refractivity contribution is 0.102. The Labute approximate surface area is 133 Å².